The second kappa shape index (κ2) is 10.3. The van der Waals surface area contributed by atoms with Crippen molar-refractivity contribution in [3.63, 3.8) is 0 Å². The van der Waals surface area contributed by atoms with E-state index in [4.69, 9.17) is 4.74 Å². The Labute approximate surface area is 189 Å². The Balaban J connectivity index is 1.50. The van der Waals surface area contributed by atoms with Gasteiger partial charge in [0, 0.05) is 12.1 Å². The molecule has 1 amide bonds. The van der Waals surface area contributed by atoms with Crippen LogP contribution in [0.1, 0.15) is 29.5 Å². The van der Waals surface area contributed by atoms with E-state index in [9.17, 15) is 13.2 Å². The molecule has 7 heteroatoms. The lowest BCUT2D eigenvalue weighted by atomic mass is 10.1. The van der Waals surface area contributed by atoms with Crippen LogP contribution in [0.15, 0.2) is 71.6 Å². The van der Waals surface area contributed by atoms with Gasteiger partial charge in [0.05, 0.1) is 17.2 Å². The van der Waals surface area contributed by atoms with Crippen molar-refractivity contribution in [3.8, 4) is 5.75 Å². The zero-order chi connectivity index (χ0) is 23.1. The SMILES string of the molecule is Cc1ccc(OCCCC(=O)Nc2ccc(S(=O)(=O)Nc3cc(C)ccc3C)cc2)cc1. The van der Waals surface area contributed by atoms with Gasteiger partial charge in [-0.05, 0) is 80.8 Å². The average molecular weight is 453 g/mol. The predicted molar refractivity (Wildman–Crippen MR) is 128 cm³/mol. The first-order valence-corrected chi connectivity index (χ1v) is 11.9. The molecular formula is C25H28N2O4S. The van der Waals surface area contributed by atoms with Gasteiger partial charge in [-0.15, -0.1) is 0 Å². The Hall–Kier alpha value is -3.32. The van der Waals surface area contributed by atoms with Crippen LogP contribution in [0.5, 0.6) is 5.75 Å². The average Bonchev–Trinajstić information content (AvgIpc) is 2.75. The molecule has 0 aliphatic heterocycles. The first kappa shape index (κ1) is 23.3. The number of aryl methyl sites for hydroxylation is 3. The summed E-state index contributed by atoms with van der Waals surface area (Å²) in [5.74, 6) is 0.629. The molecule has 168 valence electrons. The number of ether oxygens (including phenoxy) is 1. The molecule has 3 aromatic rings. The van der Waals surface area contributed by atoms with Crippen LogP contribution in [-0.2, 0) is 14.8 Å². The molecule has 0 aliphatic carbocycles. The second-order valence-electron chi connectivity index (χ2n) is 7.76. The number of rotatable bonds is 9. The number of benzene rings is 3. The highest BCUT2D eigenvalue weighted by Gasteiger charge is 2.15. The fourth-order valence-electron chi connectivity index (χ4n) is 3.05. The summed E-state index contributed by atoms with van der Waals surface area (Å²) in [7, 11) is -3.72. The van der Waals surface area contributed by atoms with E-state index in [0.717, 1.165) is 22.4 Å². The molecule has 0 bridgehead atoms. The number of amides is 1. The number of anilines is 2. The summed E-state index contributed by atoms with van der Waals surface area (Å²) in [6, 6.07) is 19.5. The number of hydrogen-bond acceptors (Lipinski definition) is 4. The Morgan fingerprint density at radius 1 is 0.875 bits per heavy atom. The van der Waals surface area contributed by atoms with Gasteiger partial charge in [-0.2, -0.15) is 0 Å². The van der Waals surface area contributed by atoms with Gasteiger partial charge in [0.2, 0.25) is 5.91 Å². The zero-order valence-electron chi connectivity index (χ0n) is 18.5. The summed E-state index contributed by atoms with van der Waals surface area (Å²) in [5.41, 5.74) is 4.07. The van der Waals surface area contributed by atoms with Gasteiger partial charge in [0.1, 0.15) is 5.75 Å². The number of carbonyl (C=O) groups is 1. The predicted octanol–water partition coefficient (Wildman–Crippen LogP) is 5.21. The van der Waals surface area contributed by atoms with Crippen molar-refractivity contribution >= 4 is 27.3 Å². The van der Waals surface area contributed by atoms with E-state index >= 15 is 0 Å². The summed E-state index contributed by atoms with van der Waals surface area (Å²) < 4.78 is 33.6. The highest BCUT2D eigenvalue weighted by molar-refractivity contribution is 7.92. The van der Waals surface area contributed by atoms with Crippen molar-refractivity contribution in [3.05, 3.63) is 83.4 Å². The van der Waals surface area contributed by atoms with Gasteiger partial charge in [0.15, 0.2) is 0 Å². The van der Waals surface area contributed by atoms with Crippen LogP contribution in [0.2, 0.25) is 0 Å². The normalized spacial score (nSPS) is 11.1. The Morgan fingerprint density at radius 2 is 1.53 bits per heavy atom. The summed E-state index contributed by atoms with van der Waals surface area (Å²) in [4.78, 5) is 12.3. The third-order valence-corrected chi connectivity index (χ3v) is 6.31. The maximum atomic E-state index is 12.7. The summed E-state index contributed by atoms with van der Waals surface area (Å²) in [5, 5.41) is 2.78. The molecule has 0 atom stereocenters. The van der Waals surface area contributed by atoms with Crippen molar-refractivity contribution in [2.24, 2.45) is 0 Å². The fraction of sp³-hybridized carbons (Fsp3) is 0.240. The minimum Gasteiger partial charge on any atom is -0.494 e. The van der Waals surface area contributed by atoms with Crippen LogP contribution in [0.4, 0.5) is 11.4 Å². The van der Waals surface area contributed by atoms with E-state index in [1.807, 2.05) is 57.2 Å². The van der Waals surface area contributed by atoms with Crippen molar-refractivity contribution < 1.29 is 17.9 Å². The van der Waals surface area contributed by atoms with Crippen molar-refractivity contribution in [2.45, 2.75) is 38.5 Å². The number of carbonyl (C=O) groups excluding carboxylic acids is 1. The number of hydrogen-bond donors (Lipinski definition) is 2. The van der Waals surface area contributed by atoms with Crippen molar-refractivity contribution in [1.29, 1.82) is 0 Å². The molecule has 2 N–H and O–H groups in total. The molecule has 0 aliphatic rings. The van der Waals surface area contributed by atoms with Crippen molar-refractivity contribution in [1.82, 2.24) is 0 Å². The monoisotopic (exact) mass is 452 g/mol. The number of nitrogens with one attached hydrogen (secondary N) is 2. The Kier molecular flexibility index (Phi) is 7.53. The van der Waals surface area contributed by atoms with Crippen LogP contribution < -0.4 is 14.8 Å². The van der Waals surface area contributed by atoms with E-state index in [-0.39, 0.29) is 10.8 Å². The molecule has 3 aromatic carbocycles. The van der Waals surface area contributed by atoms with Gasteiger partial charge in [-0.1, -0.05) is 29.8 Å². The molecule has 32 heavy (non-hydrogen) atoms. The van der Waals surface area contributed by atoms with E-state index in [1.165, 1.54) is 12.1 Å². The van der Waals surface area contributed by atoms with Gasteiger partial charge >= 0.3 is 0 Å². The molecule has 6 nitrogen and oxygen atoms in total. The van der Waals surface area contributed by atoms with Gasteiger partial charge in [0.25, 0.3) is 10.0 Å². The van der Waals surface area contributed by atoms with Crippen LogP contribution in [0.25, 0.3) is 0 Å². The molecule has 0 fully saturated rings. The second-order valence-corrected chi connectivity index (χ2v) is 9.44. The van der Waals surface area contributed by atoms with Crippen LogP contribution in [0, 0.1) is 20.8 Å². The third-order valence-electron chi connectivity index (χ3n) is 4.92. The van der Waals surface area contributed by atoms with Gasteiger partial charge in [-0.25, -0.2) is 8.42 Å². The van der Waals surface area contributed by atoms with E-state index < -0.39 is 10.0 Å². The first-order valence-electron chi connectivity index (χ1n) is 10.4. The quantitative estimate of drug-likeness (QED) is 0.437. The minimum atomic E-state index is -3.72. The van der Waals surface area contributed by atoms with Crippen LogP contribution >= 0.6 is 0 Å². The smallest absolute Gasteiger partial charge is 0.261 e. The minimum absolute atomic E-state index is 0.128. The molecule has 0 spiro atoms. The van der Waals surface area contributed by atoms with Gasteiger partial charge in [-0.3, -0.25) is 9.52 Å². The first-order chi connectivity index (χ1) is 15.2. The maximum absolute atomic E-state index is 12.7. The zero-order valence-corrected chi connectivity index (χ0v) is 19.3. The topological polar surface area (TPSA) is 84.5 Å². The summed E-state index contributed by atoms with van der Waals surface area (Å²) in [6.45, 7) is 6.21. The lowest BCUT2D eigenvalue weighted by molar-refractivity contribution is -0.116. The molecule has 0 saturated heterocycles. The standard InChI is InChI=1S/C25H28N2O4S/c1-18-7-12-22(13-8-18)31-16-4-5-25(28)26-21-10-14-23(15-11-21)32(29,30)27-24-17-19(2)6-9-20(24)3/h6-15,17,27H,4-5,16H2,1-3H3,(H,26,28). The van der Waals surface area contributed by atoms with E-state index in [1.54, 1.807) is 18.2 Å². The molecule has 0 saturated carbocycles. The lowest BCUT2D eigenvalue weighted by Crippen LogP contribution is -2.15. The summed E-state index contributed by atoms with van der Waals surface area (Å²) >= 11 is 0. The highest BCUT2D eigenvalue weighted by atomic mass is 32.2. The molecule has 0 aromatic heterocycles. The molecule has 0 heterocycles. The molecular weight excluding hydrogens is 424 g/mol. The summed E-state index contributed by atoms with van der Waals surface area (Å²) in [6.07, 6.45) is 0.881. The maximum Gasteiger partial charge on any atom is 0.261 e. The Morgan fingerprint density at radius 3 is 2.22 bits per heavy atom. The van der Waals surface area contributed by atoms with Gasteiger partial charge < -0.3 is 10.1 Å². The molecule has 0 unspecified atom stereocenters. The van der Waals surface area contributed by atoms with Crippen LogP contribution in [-0.4, -0.2) is 20.9 Å². The largest absolute Gasteiger partial charge is 0.494 e. The van der Waals surface area contributed by atoms with E-state index in [2.05, 4.69) is 10.0 Å². The highest BCUT2D eigenvalue weighted by Crippen LogP contribution is 2.22. The van der Waals surface area contributed by atoms with Crippen molar-refractivity contribution in [2.75, 3.05) is 16.6 Å². The lowest BCUT2D eigenvalue weighted by Gasteiger charge is -2.12. The Bertz CT molecular complexity index is 1170. The van der Waals surface area contributed by atoms with E-state index in [0.29, 0.717) is 30.8 Å². The van der Waals surface area contributed by atoms with Crippen LogP contribution in [0.3, 0.4) is 0 Å². The third kappa shape index (κ3) is 6.59. The number of sulfonamides is 1. The molecule has 3 rings (SSSR count). The molecule has 0 radical (unpaired) electrons. The fourth-order valence-corrected chi connectivity index (χ4v) is 4.17.